The molecule has 5 aromatic rings. The minimum Gasteiger partial charge on any atom is -0.491 e. The predicted octanol–water partition coefficient (Wildman–Crippen LogP) is 7.78. The Kier molecular flexibility index (Phi) is 8.39. The highest BCUT2D eigenvalue weighted by Gasteiger charge is 2.38. The Bertz CT molecular complexity index is 1580. The molecular weight excluding hydrogens is 528 g/mol. The zero-order valence-electron chi connectivity index (χ0n) is 23.6. The van der Waals surface area contributed by atoms with Crippen LogP contribution < -0.4 is 4.74 Å². The third kappa shape index (κ3) is 5.83. The highest BCUT2D eigenvalue weighted by molar-refractivity contribution is 7.86. The van der Waals surface area contributed by atoms with Crippen LogP contribution in [0.15, 0.2) is 132 Å². The van der Waals surface area contributed by atoms with Gasteiger partial charge in [-0.2, -0.15) is 8.42 Å². The third-order valence-electron chi connectivity index (χ3n) is 7.39. The van der Waals surface area contributed by atoms with Crippen LogP contribution in [0.1, 0.15) is 38.9 Å². The van der Waals surface area contributed by atoms with E-state index in [1.807, 2.05) is 39.0 Å². The van der Waals surface area contributed by atoms with Crippen LogP contribution in [0.2, 0.25) is 0 Å². The Labute approximate surface area is 243 Å². The molecule has 0 saturated carbocycles. The van der Waals surface area contributed by atoms with Crippen LogP contribution >= 0.6 is 0 Å². The van der Waals surface area contributed by atoms with Gasteiger partial charge < -0.3 is 4.74 Å². The standard InChI is InChI=1S/C36H34O4S/c1-27-19-21-34(22-20-27)41(37,38)40-24-23-39-35-28(2)25-33(26-29(35)3)36(30-13-7-4-8-14-30,31-15-9-5-10-16-31)32-17-11-6-12-18-32/h4-22,25-26H,23-24H2,1-3H3. The Morgan fingerprint density at radius 2 is 1.00 bits per heavy atom. The van der Waals surface area contributed by atoms with Crippen LogP contribution in [-0.2, 0) is 19.7 Å². The first-order valence-electron chi connectivity index (χ1n) is 13.7. The average molecular weight is 563 g/mol. The van der Waals surface area contributed by atoms with Gasteiger partial charge in [-0.05, 0) is 66.3 Å². The lowest BCUT2D eigenvalue weighted by molar-refractivity contribution is 0.219. The van der Waals surface area contributed by atoms with E-state index in [2.05, 4.69) is 84.9 Å². The van der Waals surface area contributed by atoms with Crippen molar-refractivity contribution in [3.05, 3.63) is 166 Å². The quantitative estimate of drug-likeness (QED) is 0.0991. The van der Waals surface area contributed by atoms with Crippen LogP contribution in [0.25, 0.3) is 0 Å². The van der Waals surface area contributed by atoms with Gasteiger partial charge in [0.25, 0.3) is 10.1 Å². The van der Waals surface area contributed by atoms with E-state index >= 15 is 0 Å². The molecule has 0 spiro atoms. The van der Waals surface area contributed by atoms with Crippen LogP contribution in [-0.4, -0.2) is 21.6 Å². The number of aryl methyl sites for hydroxylation is 3. The van der Waals surface area contributed by atoms with E-state index < -0.39 is 15.5 Å². The molecule has 5 rings (SSSR count). The molecule has 0 atom stereocenters. The maximum absolute atomic E-state index is 12.6. The summed E-state index contributed by atoms with van der Waals surface area (Å²) >= 11 is 0. The average Bonchev–Trinajstić information content (AvgIpc) is 2.99. The van der Waals surface area contributed by atoms with E-state index in [0.717, 1.165) is 28.0 Å². The summed E-state index contributed by atoms with van der Waals surface area (Å²) in [6, 6.07) is 42.7. The summed E-state index contributed by atoms with van der Waals surface area (Å²) in [5.74, 6) is 0.730. The molecule has 0 bridgehead atoms. The van der Waals surface area contributed by atoms with Crippen molar-refractivity contribution < 1.29 is 17.3 Å². The first-order chi connectivity index (χ1) is 19.8. The molecule has 41 heavy (non-hydrogen) atoms. The van der Waals surface area contributed by atoms with Gasteiger partial charge in [0.2, 0.25) is 0 Å². The molecule has 0 heterocycles. The first kappa shape index (κ1) is 28.3. The van der Waals surface area contributed by atoms with Crippen molar-refractivity contribution in [1.82, 2.24) is 0 Å². The van der Waals surface area contributed by atoms with Gasteiger partial charge in [0.15, 0.2) is 0 Å². The molecule has 0 aromatic heterocycles. The molecule has 208 valence electrons. The monoisotopic (exact) mass is 562 g/mol. The lowest BCUT2D eigenvalue weighted by Gasteiger charge is -2.37. The van der Waals surface area contributed by atoms with Crippen molar-refractivity contribution in [3.63, 3.8) is 0 Å². The van der Waals surface area contributed by atoms with E-state index in [1.54, 1.807) is 24.3 Å². The van der Waals surface area contributed by atoms with Crippen LogP contribution in [0.4, 0.5) is 0 Å². The molecule has 0 fully saturated rings. The van der Waals surface area contributed by atoms with Gasteiger partial charge in [-0.1, -0.05) is 121 Å². The summed E-state index contributed by atoms with van der Waals surface area (Å²) in [6.07, 6.45) is 0. The van der Waals surface area contributed by atoms with Gasteiger partial charge in [0.05, 0.1) is 10.3 Å². The molecule has 0 aliphatic rings. The van der Waals surface area contributed by atoms with Crippen LogP contribution in [0, 0.1) is 20.8 Å². The van der Waals surface area contributed by atoms with Gasteiger partial charge in [-0.15, -0.1) is 0 Å². The summed E-state index contributed by atoms with van der Waals surface area (Å²) in [5, 5.41) is 0. The SMILES string of the molecule is Cc1ccc(S(=O)(=O)OCCOc2c(C)cc(C(c3ccccc3)(c3ccccc3)c3ccccc3)cc2C)cc1. The molecule has 4 nitrogen and oxygen atoms in total. The number of ether oxygens (including phenoxy) is 1. The number of rotatable bonds is 10. The molecule has 0 aliphatic heterocycles. The summed E-state index contributed by atoms with van der Waals surface area (Å²) in [4.78, 5) is 0.138. The van der Waals surface area contributed by atoms with E-state index in [1.165, 1.54) is 16.7 Å². The van der Waals surface area contributed by atoms with Crippen molar-refractivity contribution in [1.29, 1.82) is 0 Å². The molecule has 0 N–H and O–H groups in total. The van der Waals surface area contributed by atoms with E-state index in [-0.39, 0.29) is 18.1 Å². The van der Waals surface area contributed by atoms with Gasteiger partial charge >= 0.3 is 0 Å². The molecule has 5 heteroatoms. The van der Waals surface area contributed by atoms with E-state index in [9.17, 15) is 8.42 Å². The van der Waals surface area contributed by atoms with Crippen molar-refractivity contribution in [3.8, 4) is 5.75 Å². The highest BCUT2D eigenvalue weighted by Crippen LogP contribution is 2.46. The third-order valence-corrected chi connectivity index (χ3v) is 8.72. The molecule has 0 aliphatic carbocycles. The normalized spacial score (nSPS) is 11.8. The largest absolute Gasteiger partial charge is 0.491 e. The summed E-state index contributed by atoms with van der Waals surface area (Å²) < 4.78 is 36.5. The number of hydrogen-bond donors (Lipinski definition) is 0. The van der Waals surface area contributed by atoms with Crippen LogP contribution in [0.3, 0.4) is 0 Å². The fourth-order valence-electron chi connectivity index (χ4n) is 5.52. The zero-order valence-corrected chi connectivity index (χ0v) is 24.4. The topological polar surface area (TPSA) is 52.6 Å². The van der Waals surface area contributed by atoms with Crippen molar-refractivity contribution in [2.75, 3.05) is 13.2 Å². The maximum Gasteiger partial charge on any atom is 0.297 e. The molecule has 5 aromatic carbocycles. The Hall–Kier alpha value is -4.19. The Morgan fingerprint density at radius 3 is 1.44 bits per heavy atom. The first-order valence-corrected chi connectivity index (χ1v) is 15.1. The van der Waals surface area contributed by atoms with Crippen molar-refractivity contribution >= 4 is 10.1 Å². The second kappa shape index (κ2) is 12.1. The minimum atomic E-state index is -3.85. The second-order valence-corrected chi connectivity index (χ2v) is 11.8. The number of hydrogen-bond acceptors (Lipinski definition) is 4. The summed E-state index contributed by atoms with van der Waals surface area (Å²) in [5.41, 5.74) is 6.99. The van der Waals surface area contributed by atoms with E-state index in [0.29, 0.717) is 0 Å². The molecule has 0 radical (unpaired) electrons. The fraction of sp³-hybridized carbons (Fsp3) is 0.167. The molecule has 0 amide bonds. The second-order valence-electron chi connectivity index (χ2n) is 10.2. The van der Waals surface area contributed by atoms with E-state index in [4.69, 9.17) is 8.92 Å². The summed E-state index contributed by atoms with van der Waals surface area (Å²) in [6.45, 7) is 5.99. The predicted molar refractivity (Wildman–Crippen MR) is 164 cm³/mol. The van der Waals surface area contributed by atoms with Crippen molar-refractivity contribution in [2.45, 2.75) is 31.1 Å². The lowest BCUT2D eigenvalue weighted by Crippen LogP contribution is -2.31. The van der Waals surface area contributed by atoms with Crippen LogP contribution in [0.5, 0.6) is 5.75 Å². The summed E-state index contributed by atoms with van der Waals surface area (Å²) in [7, 11) is -3.85. The van der Waals surface area contributed by atoms with Gasteiger partial charge in [0, 0.05) is 0 Å². The highest BCUT2D eigenvalue weighted by atomic mass is 32.2. The smallest absolute Gasteiger partial charge is 0.297 e. The Balaban J connectivity index is 1.49. The van der Waals surface area contributed by atoms with Crippen molar-refractivity contribution in [2.24, 2.45) is 0 Å². The maximum atomic E-state index is 12.6. The fourth-order valence-corrected chi connectivity index (χ4v) is 6.41. The molecule has 0 unspecified atom stereocenters. The van der Waals surface area contributed by atoms with Gasteiger partial charge in [-0.3, -0.25) is 4.18 Å². The molecular formula is C36H34O4S. The van der Waals surface area contributed by atoms with Gasteiger partial charge in [0.1, 0.15) is 19.0 Å². The minimum absolute atomic E-state index is 0.0845. The zero-order chi connectivity index (χ0) is 28.9. The Morgan fingerprint density at radius 1 is 0.561 bits per heavy atom. The molecule has 0 saturated heterocycles. The van der Waals surface area contributed by atoms with Gasteiger partial charge in [-0.25, -0.2) is 0 Å². The number of benzene rings is 5. The lowest BCUT2D eigenvalue weighted by atomic mass is 9.64.